The van der Waals surface area contributed by atoms with Crippen LogP contribution in [0.3, 0.4) is 0 Å². The average molecular weight is 318 g/mol. The Morgan fingerprint density at radius 3 is 2.74 bits per heavy atom. The summed E-state index contributed by atoms with van der Waals surface area (Å²) in [4.78, 5) is 11.3. The quantitative estimate of drug-likeness (QED) is 0.631. The van der Waals surface area contributed by atoms with Gasteiger partial charge in [0, 0.05) is 11.6 Å². The van der Waals surface area contributed by atoms with Gasteiger partial charge in [-0.15, -0.1) is 0 Å². The maximum Gasteiger partial charge on any atom is 0.331 e. The maximum atomic E-state index is 11.3. The minimum atomic E-state index is -0.574. The lowest BCUT2D eigenvalue weighted by Gasteiger charge is -2.57. The van der Waals surface area contributed by atoms with Gasteiger partial charge in [-0.2, -0.15) is 0 Å². The zero-order chi connectivity index (χ0) is 16.8. The largest absolute Gasteiger partial charge is 0.458 e. The van der Waals surface area contributed by atoms with Crippen molar-refractivity contribution >= 4 is 5.97 Å². The molecule has 0 radical (unpaired) electrons. The van der Waals surface area contributed by atoms with Crippen molar-refractivity contribution in [1.29, 1.82) is 0 Å². The molecule has 23 heavy (non-hydrogen) atoms. The summed E-state index contributed by atoms with van der Waals surface area (Å²) in [5.74, 6) is 0.727. The zero-order valence-corrected chi connectivity index (χ0v) is 14.9. The van der Waals surface area contributed by atoms with Crippen LogP contribution in [0.25, 0.3) is 0 Å². The van der Waals surface area contributed by atoms with Gasteiger partial charge in [0.25, 0.3) is 0 Å². The van der Waals surface area contributed by atoms with Crippen molar-refractivity contribution in [3.63, 3.8) is 0 Å². The highest BCUT2D eigenvalue weighted by molar-refractivity contribution is 5.85. The van der Waals surface area contributed by atoms with Gasteiger partial charge in [-0.3, -0.25) is 0 Å². The molecular formula is C20H30O3. The molecule has 0 bridgehead atoms. The molecule has 0 saturated heterocycles. The SMILES string of the molecule is CC1=CCC2C(C)(C)CCCC2(C)C1CC(O)C1=CC(=O)OC1. The van der Waals surface area contributed by atoms with E-state index in [4.69, 9.17) is 4.74 Å². The van der Waals surface area contributed by atoms with Gasteiger partial charge in [-0.25, -0.2) is 4.79 Å². The standard InChI is InChI=1S/C20H30O3/c1-13-6-7-17-19(2,3)8-5-9-20(17,4)15(13)11-16(21)14-10-18(22)23-12-14/h6,10,15-17,21H,5,7-9,11-12H2,1-4H3. The fourth-order valence-corrected chi connectivity index (χ4v) is 5.55. The summed E-state index contributed by atoms with van der Waals surface area (Å²) >= 11 is 0. The van der Waals surface area contributed by atoms with Crippen LogP contribution in [0.2, 0.25) is 0 Å². The Hall–Kier alpha value is -1.09. The number of ether oxygens (including phenoxy) is 1. The average Bonchev–Trinajstić information content (AvgIpc) is 2.88. The second-order valence-corrected chi connectivity index (χ2v) is 8.72. The van der Waals surface area contributed by atoms with E-state index in [1.54, 1.807) is 0 Å². The third-order valence-electron chi connectivity index (χ3n) is 6.87. The molecule has 4 unspecified atom stereocenters. The van der Waals surface area contributed by atoms with E-state index in [-0.39, 0.29) is 18.0 Å². The number of rotatable bonds is 3. The van der Waals surface area contributed by atoms with Gasteiger partial charge in [0.2, 0.25) is 0 Å². The predicted octanol–water partition coefficient (Wildman–Crippen LogP) is 4.02. The van der Waals surface area contributed by atoms with E-state index in [0.29, 0.717) is 23.7 Å². The third-order valence-corrected chi connectivity index (χ3v) is 6.87. The zero-order valence-electron chi connectivity index (χ0n) is 14.9. The molecular weight excluding hydrogens is 288 g/mol. The van der Waals surface area contributed by atoms with Gasteiger partial charge in [0.15, 0.2) is 0 Å². The molecule has 1 N–H and O–H groups in total. The van der Waals surface area contributed by atoms with Crippen molar-refractivity contribution in [2.45, 2.75) is 65.9 Å². The van der Waals surface area contributed by atoms with E-state index < -0.39 is 6.10 Å². The summed E-state index contributed by atoms with van der Waals surface area (Å²) in [5.41, 5.74) is 2.75. The number of hydrogen-bond acceptors (Lipinski definition) is 3. The van der Waals surface area contributed by atoms with Crippen LogP contribution in [0.4, 0.5) is 0 Å². The van der Waals surface area contributed by atoms with Crippen LogP contribution < -0.4 is 0 Å². The molecule has 0 amide bonds. The number of hydrogen-bond donors (Lipinski definition) is 1. The van der Waals surface area contributed by atoms with Crippen molar-refractivity contribution in [2.24, 2.45) is 22.7 Å². The third kappa shape index (κ3) is 2.88. The lowest BCUT2D eigenvalue weighted by atomic mass is 9.48. The molecule has 3 heteroatoms. The van der Waals surface area contributed by atoms with E-state index >= 15 is 0 Å². The highest BCUT2D eigenvalue weighted by Gasteiger charge is 2.52. The minimum absolute atomic E-state index is 0.242. The fraction of sp³-hybridized carbons (Fsp3) is 0.750. The van der Waals surface area contributed by atoms with Crippen LogP contribution in [0.1, 0.15) is 59.8 Å². The van der Waals surface area contributed by atoms with Crippen LogP contribution >= 0.6 is 0 Å². The van der Waals surface area contributed by atoms with E-state index in [9.17, 15) is 9.90 Å². The van der Waals surface area contributed by atoms with Crippen molar-refractivity contribution in [2.75, 3.05) is 6.61 Å². The molecule has 0 aromatic rings. The predicted molar refractivity (Wildman–Crippen MR) is 90.8 cm³/mol. The van der Waals surface area contributed by atoms with E-state index in [0.717, 1.165) is 12.0 Å². The first-order valence-electron chi connectivity index (χ1n) is 8.96. The first-order valence-corrected chi connectivity index (χ1v) is 8.96. The van der Waals surface area contributed by atoms with Gasteiger partial charge in [-0.1, -0.05) is 38.8 Å². The number of aliphatic hydroxyl groups excluding tert-OH is 1. The van der Waals surface area contributed by atoms with E-state index in [2.05, 4.69) is 33.8 Å². The first-order chi connectivity index (χ1) is 10.7. The van der Waals surface area contributed by atoms with Gasteiger partial charge >= 0.3 is 5.97 Å². The second kappa shape index (κ2) is 5.77. The molecule has 0 spiro atoms. The molecule has 1 heterocycles. The molecule has 4 atom stereocenters. The van der Waals surface area contributed by atoms with Crippen LogP contribution in [-0.2, 0) is 9.53 Å². The Morgan fingerprint density at radius 2 is 2.09 bits per heavy atom. The van der Waals surface area contributed by atoms with E-state index in [1.807, 2.05) is 0 Å². The number of allylic oxidation sites excluding steroid dienone is 2. The minimum Gasteiger partial charge on any atom is -0.458 e. The van der Waals surface area contributed by atoms with Crippen LogP contribution in [-0.4, -0.2) is 23.8 Å². The van der Waals surface area contributed by atoms with Gasteiger partial charge in [0.05, 0.1) is 6.10 Å². The number of carbonyl (C=O) groups excluding carboxylic acids is 1. The summed E-state index contributed by atoms with van der Waals surface area (Å²) in [6, 6.07) is 0. The summed E-state index contributed by atoms with van der Waals surface area (Å²) in [6.07, 6.45) is 8.94. The fourth-order valence-electron chi connectivity index (χ4n) is 5.55. The monoisotopic (exact) mass is 318 g/mol. The normalized spacial score (nSPS) is 37.5. The highest BCUT2D eigenvalue weighted by atomic mass is 16.5. The number of esters is 1. The second-order valence-electron chi connectivity index (χ2n) is 8.72. The Morgan fingerprint density at radius 1 is 1.35 bits per heavy atom. The summed E-state index contributed by atoms with van der Waals surface area (Å²) in [6.45, 7) is 9.70. The lowest BCUT2D eigenvalue weighted by molar-refractivity contribution is -0.135. The Labute approximate surface area is 139 Å². The lowest BCUT2D eigenvalue weighted by Crippen LogP contribution is -2.49. The summed E-state index contributed by atoms with van der Waals surface area (Å²) in [5, 5.41) is 10.6. The Bertz CT molecular complexity index is 557. The van der Waals surface area contributed by atoms with Crippen molar-refractivity contribution in [1.82, 2.24) is 0 Å². The molecule has 3 nitrogen and oxygen atoms in total. The van der Waals surface area contributed by atoms with Crippen LogP contribution in [0.15, 0.2) is 23.3 Å². The van der Waals surface area contributed by atoms with Gasteiger partial charge in [0.1, 0.15) is 6.61 Å². The molecule has 1 aliphatic heterocycles. The van der Waals surface area contributed by atoms with Crippen molar-refractivity contribution < 1.29 is 14.6 Å². The molecule has 128 valence electrons. The van der Waals surface area contributed by atoms with Crippen LogP contribution in [0.5, 0.6) is 0 Å². The van der Waals surface area contributed by atoms with Crippen molar-refractivity contribution in [3.05, 3.63) is 23.3 Å². The number of aliphatic hydroxyl groups is 1. The number of cyclic esters (lactones) is 1. The maximum absolute atomic E-state index is 11.3. The molecule has 2 aliphatic carbocycles. The molecule has 3 rings (SSSR count). The first kappa shape index (κ1) is 16.8. The number of carbonyl (C=O) groups is 1. The highest BCUT2D eigenvalue weighted by Crippen LogP contribution is 2.60. The van der Waals surface area contributed by atoms with Crippen LogP contribution in [0, 0.1) is 22.7 Å². The molecule has 3 aliphatic rings. The van der Waals surface area contributed by atoms with Crippen molar-refractivity contribution in [3.8, 4) is 0 Å². The summed E-state index contributed by atoms with van der Waals surface area (Å²) < 4.78 is 4.96. The number of fused-ring (bicyclic) bond motifs is 1. The smallest absolute Gasteiger partial charge is 0.331 e. The molecule has 0 aromatic heterocycles. The molecule has 0 aromatic carbocycles. The van der Waals surface area contributed by atoms with Gasteiger partial charge < -0.3 is 9.84 Å². The Balaban J connectivity index is 1.85. The summed E-state index contributed by atoms with van der Waals surface area (Å²) in [7, 11) is 0. The molecule has 1 fully saturated rings. The van der Waals surface area contributed by atoms with Gasteiger partial charge in [-0.05, 0) is 55.3 Å². The topological polar surface area (TPSA) is 46.5 Å². The van der Waals surface area contributed by atoms with E-state index in [1.165, 1.54) is 30.9 Å². The Kier molecular flexibility index (Phi) is 4.20. The molecule has 1 saturated carbocycles.